The molecule has 2 bridgehead atoms. The van der Waals surface area contributed by atoms with Crippen LogP contribution in [0.25, 0.3) is 10.8 Å². The second kappa shape index (κ2) is 5.91. The zero-order chi connectivity index (χ0) is 16.7. The third-order valence-electron chi connectivity index (χ3n) is 5.08. The molecule has 2 fully saturated rings. The highest BCUT2D eigenvalue weighted by Crippen LogP contribution is 2.39. The third kappa shape index (κ3) is 2.65. The molecule has 1 amide bonds. The van der Waals surface area contributed by atoms with E-state index in [1.165, 1.54) is 0 Å². The number of fused-ring (bicyclic) bond motifs is 3. The number of nitrogens with one attached hydrogen (secondary N) is 1. The number of amides is 1. The van der Waals surface area contributed by atoms with Crippen molar-refractivity contribution < 1.29 is 19.4 Å². The first-order valence-corrected chi connectivity index (χ1v) is 8.29. The molecule has 0 aromatic heterocycles. The van der Waals surface area contributed by atoms with Crippen molar-refractivity contribution in [3.05, 3.63) is 48.0 Å². The molecule has 5 heteroatoms. The van der Waals surface area contributed by atoms with Crippen LogP contribution in [0.2, 0.25) is 0 Å². The fourth-order valence-electron chi connectivity index (χ4n) is 3.84. The standard InChI is InChI=1S/C19H19NO4/c21-18(15-10-14-7-8-16(15)24-14)20-17(19(22)23)13-6-5-11-3-1-2-4-12(11)9-13/h1-6,9,14-17H,7-8,10H2,(H,20,21)(H,22,23). The summed E-state index contributed by atoms with van der Waals surface area (Å²) >= 11 is 0. The summed E-state index contributed by atoms with van der Waals surface area (Å²) < 4.78 is 5.70. The van der Waals surface area contributed by atoms with Gasteiger partial charge in [-0.15, -0.1) is 0 Å². The first kappa shape index (κ1) is 15.1. The van der Waals surface area contributed by atoms with Crippen molar-refractivity contribution >= 4 is 22.6 Å². The Hall–Kier alpha value is -2.40. The van der Waals surface area contributed by atoms with Gasteiger partial charge in [0.15, 0.2) is 6.04 Å². The van der Waals surface area contributed by atoms with E-state index < -0.39 is 12.0 Å². The van der Waals surface area contributed by atoms with Crippen LogP contribution in [0.15, 0.2) is 42.5 Å². The van der Waals surface area contributed by atoms with Crippen molar-refractivity contribution in [2.45, 2.75) is 37.5 Å². The minimum atomic E-state index is -1.05. The van der Waals surface area contributed by atoms with Crippen LogP contribution >= 0.6 is 0 Å². The summed E-state index contributed by atoms with van der Waals surface area (Å²) in [7, 11) is 0. The molecule has 2 aromatic carbocycles. The number of carboxylic acid groups (broad SMARTS) is 1. The van der Waals surface area contributed by atoms with Crippen LogP contribution in [0.3, 0.4) is 0 Å². The molecule has 4 unspecified atom stereocenters. The molecule has 2 aliphatic rings. The van der Waals surface area contributed by atoms with E-state index in [9.17, 15) is 14.7 Å². The number of benzene rings is 2. The smallest absolute Gasteiger partial charge is 0.330 e. The predicted molar refractivity (Wildman–Crippen MR) is 88.5 cm³/mol. The van der Waals surface area contributed by atoms with Crippen molar-refractivity contribution in [3.63, 3.8) is 0 Å². The Balaban J connectivity index is 1.57. The van der Waals surface area contributed by atoms with Crippen LogP contribution in [0.4, 0.5) is 0 Å². The average molecular weight is 325 g/mol. The molecule has 4 atom stereocenters. The second-order valence-electron chi connectivity index (χ2n) is 6.60. The van der Waals surface area contributed by atoms with Crippen LogP contribution in [0.1, 0.15) is 30.9 Å². The molecule has 124 valence electrons. The minimum absolute atomic E-state index is 0.0546. The van der Waals surface area contributed by atoms with Crippen molar-refractivity contribution in [1.29, 1.82) is 0 Å². The zero-order valence-corrected chi connectivity index (χ0v) is 13.1. The maximum absolute atomic E-state index is 12.5. The molecule has 0 aliphatic carbocycles. The molecule has 5 nitrogen and oxygen atoms in total. The van der Waals surface area contributed by atoms with E-state index in [0.29, 0.717) is 12.0 Å². The maximum Gasteiger partial charge on any atom is 0.330 e. The van der Waals surface area contributed by atoms with Crippen LogP contribution in [0, 0.1) is 5.92 Å². The molecule has 0 spiro atoms. The molecule has 2 aliphatic heterocycles. The number of hydrogen-bond donors (Lipinski definition) is 2. The van der Waals surface area contributed by atoms with E-state index in [2.05, 4.69) is 5.32 Å². The lowest BCUT2D eigenvalue weighted by atomic mass is 9.88. The first-order chi connectivity index (χ1) is 11.6. The molecule has 4 rings (SSSR count). The molecular weight excluding hydrogens is 306 g/mol. The lowest BCUT2D eigenvalue weighted by Crippen LogP contribution is -2.40. The van der Waals surface area contributed by atoms with E-state index in [0.717, 1.165) is 23.6 Å². The van der Waals surface area contributed by atoms with Gasteiger partial charge in [-0.2, -0.15) is 0 Å². The molecule has 2 saturated heterocycles. The van der Waals surface area contributed by atoms with Crippen LogP contribution in [-0.2, 0) is 14.3 Å². The van der Waals surface area contributed by atoms with Gasteiger partial charge in [0.05, 0.1) is 18.1 Å². The number of carboxylic acids is 1. The van der Waals surface area contributed by atoms with Gasteiger partial charge < -0.3 is 15.2 Å². The molecule has 0 saturated carbocycles. The van der Waals surface area contributed by atoms with Gasteiger partial charge in [0.1, 0.15) is 0 Å². The first-order valence-electron chi connectivity index (χ1n) is 8.29. The SMILES string of the molecule is O=C(O)C(NC(=O)C1CC2CCC1O2)c1ccc2ccccc2c1. The van der Waals surface area contributed by atoms with E-state index in [4.69, 9.17) is 4.74 Å². The number of carbonyl (C=O) groups is 2. The van der Waals surface area contributed by atoms with E-state index in [1.54, 1.807) is 6.07 Å². The number of hydrogen-bond acceptors (Lipinski definition) is 3. The fourth-order valence-corrected chi connectivity index (χ4v) is 3.84. The Kier molecular flexibility index (Phi) is 3.73. The Morgan fingerprint density at radius 3 is 2.58 bits per heavy atom. The molecule has 2 heterocycles. The normalized spacial score (nSPS) is 26.4. The van der Waals surface area contributed by atoms with Gasteiger partial charge in [-0.3, -0.25) is 4.79 Å². The Labute approximate surface area is 139 Å². The van der Waals surface area contributed by atoms with Crippen molar-refractivity contribution in [2.75, 3.05) is 0 Å². The molecule has 2 N–H and O–H groups in total. The molecule has 2 aromatic rings. The third-order valence-corrected chi connectivity index (χ3v) is 5.08. The average Bonchev–Trinajstić information content (AvgIpc) is 3.22. The lowest BCUT2D eigenvalue weighted by molar-refractivity contribution is -0.143. The van der Waals surface area contributed by atoms with Crippen LogP contribution < -0.4 is 5.32 Å². The van der Waals surface area contributed by atoms with Crippen LogP contribution in [0.5, 0.6) is 0 Å². The van der Waals surface area contributed by atoms with Crippen molar-refractivity contribution in [1.82, 2.24) is 5.32 Å². The number of aliphatic carboxylic acids is 1. The monoisotopic (exact) mass is 325 g/mol. The number of carbonyl (C=O) groups excluding carboxylic acids is 1. The summed E-state index contributed by atoms with van der Waals surface area (Å²) in [4.78, 5) is 24.2. The number of ether oxygens (including phenoxy) is 1. The number of rotatable bonds is 4. The van der Waals surface area contributed by atoms with Gasteiger partial charge in [0.2, 0.25) is 5.91 Å². The second-order valence-corrected chi connectivity index (χ2v) is 6.60. The van der Waals surface area contributed by atoms with Gasteiger partial charge in [-0.05, 0) is 41.7 Å². The fraction of sp³-hybridized carbons (Fsp3) is 0.368. The van der Waals surface area contributed by atoms with Gasteiger partial charge in [-0.1, -0.05) is 36.4 Å². The van der Waals surface area contributed by atoms with Gasteiger partial charge >= 0.3 is 5.97 Å². The molecular formula is C19H19NO4. The quantitative estimate of drug-likeness (QED) is 0.906. The summed E-state index contributed by atoms with van der Waals surface area (Å²) in [6.45, 7) is 0. The summed E-state index contributed by atoms with van der Waals surface area (Å²) in [6.07, 6.45) is 2.69. The Morgan fingerprint density at radius 2 is 1.92 bits per heavy atom. The summed E-state index contributed by atoms with van der Waals surface area (Å²) in [6, 6.07) is 12.2. The highest BCUT2D eigenvalue weighted by Gasteiger charge is 2.45. The summed E-state index contributed by atoms with van der Waals surface area (Å²) in [5, 5.41) is 14.3. The molecule has 24 heavy (non-hydrogen) atoms. The summed E-state index contributed by atoms with van der Waals surface area (Å²) in [5.41, 5.74) is 0.582. The van der Waals surface area contributed by atoms with E-state index in [-0.39, 0.29) is 24.0 Å². The van der Waals surface area contributed by atoms with Gasteiger partial charge in [0.25, 0.3) is 0 Å². The van der Waals surface area contributed by atoms with Crippen LogP contribution in [-0.4, -0.2) is 29.2 Å². The highest BCUT2D eigenvalue weighted by atomic mass is 16.5. The summed E-state index contributed by atoms with van der Waals surface area (Å²) in [5.74, 6) is -1.50. The lowest BCUT2D eigenvalue weighted by Gasteiger charge is -2.21. The largest absolute Gasteiger partial charge is 0.479 e. The highest BCUT2D eigenvalue weighted by molar-refractivity contribution is 5.89. The maximum atomic E-state index is 12.5. The van der Waals surface area contributed by atoms with Crippen molar-refractivity contribution in [3.8, 4) is 0 Å². The van der Waals surface area contributed by atoms with Crippen molar-refractivity contribution in [2.24, 2.45) is 5.92 Å². The molecule has 0 radical (unpaired) electrons. The topological polar surface area (TPSA) is 75.6 Å². The van der Waals surface area contributed by atoms with E-state index >= 15 is 0 Å². The Morgan fingerprint density at radius 1 is 1.12 bits per heavy atom. The predicted octanol–water partition coefficient (Wildman–Crippen LogP) is 2.65. The minimum Gasteiger partial charge on any atom is -0.479 e. The van der Waals surface area contributed by atoms with E-state index in [1.807, 2.05) is 36.4 Å². The Bertz CT molecular complexity index is 803. The van der Waals surface area contributed by atoms with Gasteiger partial charge in [0, 0.05) is 0 Å². The van der Waals surface area contributed by atoms with Gasteiger partial charge in [-0.25, -0.2) is 4.79 Å². The zero-order valence-electron chi connectivity index (χ0n) is 13.1.